The van der Waals surface area contributed by atoms with E-state index in [0.29, 0.717) is 23.6 Å². The molecular weight excluding hydrogens is 262 g/mol. The summed E-state index contributed by atoms with van der Waals surface area (Å²) in [5.74, 6) is 0.584. The lowest BCUT2D eigenvalue weighted by Gasteiger charge is -2.09. The molecule has 4 nitrogen and oxygen atoms in total. The van der Waals surface area contributed by atoms with Crippen molar-refractivity contribution in [3.8, 4) is 11.8 Å². The van der Waals surface area contributed by atoms with Gasteiger partial charge in [-0.05, 0) is 42.0 Å². The number of fused-ring (bicyclic) bond motifs is 1. The van der Waals surface area contributed by atoms with Crippen LogP contribution in [0.3, 0.4) is 0 Å². The molecule has 4 heteroatoms. The lowest BCUT2D eigenvalue weighted by molar-refractivity contribution is 0.308. The summed E-state index contributed by atoms with van der Waals surface area (Å²) in [5, 5.41) is 9.88. The molecule has 2 aromatic carbocycles. The van der Waals surface area contributed by atoms with E-state index < -0.39 is 0 Å². The quantitative estimate of drug-likeness (QED) is 0.745. The molecule has 0 aliphatic rings. The second-order valence-electron chi connectivity index (χ2n) is 4.68. The van der Waals surface area contributed by atoms with Crippen molar-refractivity contribution in [2.45, 2.75) is 6.61 Å². The molecule has 1 aromatic heterocycles. The molecule has 0 atom stereocenters. The van der Waals surface area contributed by atoms with Crippen LogP contribution in [0.5, 0.6) is 5.75 Å². The van der Waals surface area contributed by atoms with E-state index in [1.54, 1.807) is 24.4 Å². The number of rotatable bonds is 3. The molecule has 3 rings (SSSR count). The van der Waals surface area contributed by atoms with Crippen LogP contribution in [0.1, 0.15) is 11.1 Å². The number of pyridine rings is 1. The minimum Gasteiger partial charge on any atom is -0.487 e. The highest BCUT2D eigenvalue weighted by molar-refractivity contribution is 5.78. The zero-order valence-corrected chi connectivity index (χ0v) is 11.3. The highest BCUT2D eigenvalue weighted by Crippen LogP contribution is 2.23. The maximum Gasteiger partial charge on any atom is 0.142 e. The lowest BCUT2D eigenvalue weighted by Crippen LogP contribution is -1.99. The SMILES string of the molecule is N#Cc1ccc(OCc2ccc3ncccc3c2)c(N)c1. The summed E-state index contributed by atoms with van der Waals surface area (Å²) < 4.78 is 5.72. The van der Waals surface area contributed by atoms with E-state index in [2.05, 4.69) is 4.98 Å². The van der Waals surface area contributed by atoms with Crippen molar-refractivity contribution in [3.05, 3.63) is 65.9 Å². The summed E-state index contributed by atoms with van der Waals surface area (Å²) in [6.45, 7) is 0.418. The molecule has 0 aliphatic carbocycles. The maximum atomic E-state index is 8.81. The Bertz CT molecular complexity index is 837. The minimum atomic E-state index is 0.418. The second-order valence-corrected chi connectivity index (χ2v) is 4.68. The fraction of sp³-hybridized carbons (Fsp3) is 0.0588. The van der Waals surface area contributed by atoms with Gasteiger partial charge in [0, 0.05) is 11.6 Å². The molecular formula is C17H13N3O. The van der Waals surface area contributed by atoms with Crippen molar-refractivity contribution in [2.24, 2.45) is 0 Å². The number of nitrogens with two attached hydrogens (primary N) is 1. The van der Waals surface area contributed by atoms with Crippen LogP contribution in [0.25, 0.3) is 10.9 Å². The van der Waals surface area contributed by atoms with E-state index in [-0.39, 0.29) is 0 Å². The Kier molecular flexibility index (Phi) is 3.40. The summed E-state index contributed by atoms with van der Waals surface area (Å²) in [7, 11) is 0. The van der Waals surface area contributed by atoms with E-state index in [4.69, 9.17) is 15.7 Å². The molecule has 0 bridgehead atoms. The molecule has 3 aromatic rings. The van der Waals surface area contributed by atoms with Gasteiger partial charge in [0.05, 0.1) is 22.8 Å². The van der Waals surface area contributed by atoms with Gasteiger partial charge in [0.15, 0.2) is 0 Å². The summed E-state index contributed by atoms with van der Waals surface area (Å²) in [5.41, 5.74) is 8.86. The summed E-state index contributed by atoms with van der Waals surface area (Å²) in [4.78, 5) is 4.28. The van der Waals surface area contributed by atoms with Crippen LogP contribution in [-0.2, 0) is 6.61 Å². The molecule has 0 saturated heterocycles. The van der Waals surface area contributed by atoms with Crippen LogP contribution in [0.2, 0.25) is 0 Å². The molecule has 21 heavy (non-hydrogen) atoms. The molecule has 0 unspecified atom stereocenters. The second kappa shape index (κ2) is 5.51. The number of nitriles is 1. The summed E-state index contributed by atoms with van der Waals surface area (Å²) >= 11 is 0. The zero-order valence-electron chi connectivity index (χ0n) is 11.3. The molecule has 0 radical (unpaired) electrons. The number of hydrogen-bond donors (Lipinski definition) is 1. The average Bonchev–Trinajstić information content (AvgIpc) is 2.53. The van der Waals surface area contributed by atoms with Crippen LogP contribution < -0.4 is 10.5 Å². The van der Waals surface area contributed by atoms with Gasteiger partial charge in [-0.2, -0.15) is 5.26 Å². The van der Waals surface area contributed by atoms with Crippen molar-refractivity contribution in [1.82, 2.24) is 4.98 Å². The van der Waals surface area contributed by atoms with Crippen LogP contribution in [0.4, 0.5) is 5.69 Å². The smallest absolute Gasteiger partial charge is 0.142 e. The van der Waals surface area contributed by atoms with Crippen LogP contribution in [0, 0.1) is 11.3 Å². The van der Waals surface area contributed by atoms with Gasteiger partial charge >= 0.3 is 0 Å². The maximum absolute atomic E-state index is 8.81. The van der Waals surface area contributed by atoms with Crippen molar-refractivity contribution in [3.63, 3.8) is 0 Å². The van der Waals surface area contributed by atoms with E-state index >= 15 is 0 Å². The van der Waals surface area contributed by atoms with Gasteiger partial charge in [0.1, 0.15) is 12.4 Å². The zero-order chi connectivity index (χ0) is 14.7. The Morgan fingerprint density at radius 3 is 2.86 bits per heavy atom. The monoisotopic (exact) mass is 275 g/mol. The Hall–Kier alpha value is -3.06. The van der Waals surface area contributed by atoms with Crippen LogP contribution in [-0.4, -0.2) is 4.98 Å². The number of nitrogen functional groups attached to an aromatic ring is 1. The van der Waals surface area contributed by atoms with Gasteiger partial charge in [-0.15, -0.1) is 0 Å². The first-order chi connectivity index (χ1) is 10.3. The van der Waals surface area contributed by atoms with E-state index in [1.165, 1.54) is 0 Å². The topological polar surface area (TPSA) is 71.9 Å². The van der Waals surface area contributed by atoms with Gasteiger partial charge < -0.3 is 10.5 Å². The first kappa shape index (κ1) is 12.9. The summed E-state index contributed by atoms with van der Waals surface area (Å²) in [6, 6.07) is 17.0. The number of benzene rings is 2. The number of hydrogen-bond acceptors (Lipinski definition) is 4. The number of nitrogens with zero attached hydrogens (tertiary/aromatic N) is 2. The minimum absolute atomic E-state index is 0.418. The largest absolute Gasteiger partial charge is 0.487 e. The Labute approximate surface area is 122 Å². The predicted octanol–water partition coefficient (Wildman–Crippen LogP) is 3.27. The number of aromatic nitrogens is 1. The number of anilines is 1. The van der Waals surface area contributed by atoms with Gasteiger partial charge in [-0.25, -0.2) is 0 Å². The molecule has 0 amide bonds. The third kappa shape index (κ3) is 2.77. The van der Waals surface area contributed by atoms with Crippen LogP contribution in [0.15, 0.2) is 54.7 Å². The first-order valence-electron chi connectivity index (χ1n) is 6.52. The highest BCUT2D eigenvalue weighted by atomic mass is 16.5. The fourth-order valence-corrected chi connectivity index (χ4v) is 2.13. The van der Waals surface area contributed by atoms with E-state index in [0.717, 1.165) is 16.5 Å². The van der Waals surface area contributed by atoms with E-state index in [1.807, 2.05) is 36.4 Å². The molecule has 2 N–H and O–H groups in total. The molecule has 0 aliphatic heterocycles. The normalized spacial score (nSPS) is 10.2. The third-order valence-electron chi connectivity index (χ3n) is 3.20. The van der Waals surface area contributed by atoms with Crippen LogP contribution >= 0.6 is 0 Å². The Morgan fingerprint density at radius 1 is 1.14 bits per heavy atom. The highest BCUT2D eigenvalue weighted by Gasteiger charge is 2.03. The van der Waals surface area contributed by atoms with Crippen molar-refractivity contribution < 1.29 is 4.74 Å². The Balaban J connectivity index is 1.78. The van der Waals surface area contributed by atoms with Crippen molar-refractivity contribution in [1.29, 1.82) is 5.26 Å². The van der Waals surface area contributed by atoms with Gasteiger partial charge in [-0.3, -0.25) is 4.98 Å². The summed E-state index contributed by atoms with van der Waals surface area (Å²) in [6.07, 6.45) is 1.77. The average molecular weight is 275 g/mol. The van der Waals surface area contributed by atoms with Crippen molar-refractivity contribution >= 4 is 16.6 Å². The van der Waals surface area contributed by atoms with Crippen molar-refractivity contribution in [2.75, 3.05) is 5.73 Å². The molecule has 102 valence electrons. The molecule has 0 saturated carbocycles. The molecule has 0 fully saturated rings. The third-order valence-corrected chi connectivity index (χ3v) is 3.20. The fourth-order valence-electron chi connectivity index (χ4n) is 2.13. The number of ether oxygens (including phenoxy) is 1. The molecule has 1 heterocycles. The van der Waals surface area contributed by atoms with Gasteiger partial charge in [0.2, 0.25) is 0 Å². The van der Waals surface area contributed by atoms with Gasteiger partial charge in [-0.1, -0.05) is 12.1 Å². The van der Waals surface area contributed by atoms with E-state index in [9.17, 15) is 0 Å². The molecule has 0 spiro atoms. The standard InChI is InChI=1S/C17H13N3O/c18-10-12-4-6-17(15(19)9-12)21-11-13-3-5-16-14(8-13)2-1-7-20-16/h1-9H,11,19H2. The Morgan fingerprint density at radius 2 is 2.05 bits per heavy atom. The predicted molar refractivity (Wildman–Crippen MR) is 81.6 cm³/mol. The van der Waals surface area contributed by atoms with Gasteiger partial charge in [0.25, 0.3) is 0 Å². The first-order valence-corrected chi connectivity index (χ1v) is 6.52. The lowest BCUT2D eigenvalue weighted by atomic mass is 10.1.